The van der Waals surface area contributed by atoms with E-state index in [0.717, 1.165) is 30.5 Å². The topological polar surface area (TPSA) is 38.5 Å². The summed E-state index contributed by atoms with van der Waals surface area (Å²) in [6, 6.07) is 8.48. The molecule has 0 radical (unpaired) electrons. The van der Waals surface area contributed by atoms with Crippen LogP contribution in [0.2, 0.25) is 0 Å². The highest BCUT2D eigenvalue weighted by molar-refractivity contribution is 9.10. The Labute approximate surface area is 124 Å². The van der Waals surface area contributed by atoms with Crippen LogP contribution in [0.15, 0.2) is 28.7 Å². The van der Waals surface area contributed by atoms with Crippen LogP contribution < -0.4 is 5.73 Å². The van der Waals surface area contributed by atoms with Gasteiger partial charge < -0.3 is 10.5 Å². The predicted octanol–water partition coefficient (Wildman–Crippen LogP) is 2.78. The van der Waals surface area contributed by atoms with Gasteiger partial charge in [0.15, 0.2) is 0 Å². The maximum atomic E-state index is 6.00. The van der Waals surface area contributed by atoms with E-state index in [1.807, 2.05) is 6.92 Å². The molecule has 1 aliphatic carbocycles. The molecule has 1 fully saturated rings. The Kier molecular flexibility index (Phi) is 5.01. The van der Waals surface area contributed by atoms with E-state index in [4.69, 9.17) is 10.5 Å². The zero-order chi connectivity index (χ0) is 13.9. The van der Waals surface area contributed by atoms with Gasteiger partial charge in [-0.2, -0.15) is 0 Å². The summed E-state index contributed by atoms with van der Waals surface area (Å²) < 4.78 is 6.78. The fraction of sp³-hybridized carbons (Fsp3) is 0.600. The molecular formula is C15H23BrN2O. The van der Waals surface area contributed by atoms with Crippen LogP contribution in [0.25, 0.3) is 0 Å². The van der Waals surface area contributed by atoms with Gasteiger partial charge in [0, 0.05) is 29.7 Å². The summed E-state index contributed by atoms with van der Waals surface area (Å²) in [4.78, 5) is 2.38. The summed E-state index contributed by atoms with van der Waals surface area (Å²) in [5.41, 5.74) is 7.44. The number of hydrogen-bond acceptors (Lipinski definition) is 3. The third-order valence-corrected chi connectivity index (χ3v) is 4.67. The summed E-state index contributed by atoms with van der Waals surface area (Å²) in [7, 11) is 2.16. The Bertz CT molecular complexity index is 401. The van der Waals surface area contributed by atoms with Crippen molar-refractivity contribution in [2.75, 3.05) is 20.2 Å². The molecule has 0 spiro atoms. The molecule has 1 aliphatic rings. The minimum atomic E-state index is 0.118. The van der Waals surface area contributed by atoms with Crippen LogP contribution in [0.3, 0.4) is 0 Å². The summed E-state index contributed by atoms with van der Waals surface area (Å²) in [5.74, 6) is 0. The fourth-order valence-electron chi connectivity index (χ4n) is 2.81. The second-order valence-corrected chi connectivity index (χ2v) is 6.31. The molecule has 0 aliphatic heterocycles. The molecule has 1 saturated carbocycles. The summed E-state index contributed by atoms with van der Waals surface area (Å²) in [6.45, 7) is 4.47. The monoisotopic (exact) mass is 326 g/mol. The lowest BCUT2D eigenvalue weighted by Crippen LogP contribution is -2.62. The van der Waals surface area contributed by atoms with Gasteiger partial charge in [-0.1, -0.05) is 28.1 Å². The van der Waals surface area contributed by atoms with Crippen LogP contribution in [0.4, 0.5) is 0 Å². The smallest absolute Gasteiger partial charge is 0.0611 e. The number of hydrogen-bond donors (Lipinski definition) is 1. The van der Waals surface area contributed by atoms with Crippen molar-refractivity contribution in [3.05, 3.63) is 34.3 Å². The second-order valence-electron chi connectivity index (χ2n) is 5.40. The summed E-state index contributed by atoms with van der Waals surface area (Å²) >= 11 is 3.46. The van der Waals surface area contributed by atoms with Crippen molar-refractivity contribution in [1.29, 1.82) is 0 Å². The first-order valence-electron chi connectivity index (χ1n) is 6.87. The lowest BCUT2D eigenvalue weighted by molar-refractivity contribution is -0.0947. The van der Waals surface area contributed by atoms with E-state index < -0.39 is 0 Å². The number of likely N-dealkylation sites (N-methyl/N-ethyl adjacent to an activating group) is 1. The molecule has 19 heavy (non-hydrogen) atoms. The number of rotatable bonds is 6. The molecule has 0 atom stereocenters. The molecule has 106 valence electrons. The first kappa shape index (κ1) is 15.0. The number of ether oxygens (including phenoxy) is 1. The van der Waals surface area contributed by atoms with Gasteiger partial charge in [-0.15, -0.1) is 0 Å². The zero-order valence-corrected chi connectivity index (χ0v) is 13.3. The molecule has 3 nitrogen and oxygen atoms in total. The molecule has 0 saturated heterocycles. The highest BCUT2D eigenvalue weighted by Gasteiger charge is 2.46. The molecule has 0 aromatic heterocycles. The van der Waals surface area contributed by atoms with Gasteiger partial charge in [-0.25, -0.2) is 0 Å². The minimum Gasteiger partial charge on any atom is -0.378 e. The van der Waals surface area contributed by atoms with Crippen molar-refractivity contribution in [1.82, 2.24) is 4.90 Å². The molecule has 2 rings (SSSR count). The van der Waals surface area contributed by atoms with Crippen LogP contribution >= 0.6 is 15.9 Å². The Morgan fingerprint density at radius 2 is 2.00 bits per heavy atom. The Hall–Kier alpha value is -0.420. The Morgan fingerprint density at radius 1 is 1.37 bits per heavy atom. The second kappa shape index (κ2) is 6.35. The molecule has 1 aromatic rings. The maximum absolute atomic E-state index is 6.00. The quantitative estimate of drug-likeness (QED) is 0.873. The van der Waals surface area contributed by atoms with E-state index in [2.05, 4.69) is 52.1 Å². The van der Waals surface area contributed by atoms with Gasteiger partial charge in [0.25, 0.3) is 0 Å². The van der Waals surface area contributed by atoms with Crippen molar-refractivity contribution >= 4 is 15.9 Å². The van der Waals surface area contributed by atoms with Crippen molar-refractivity contribution in [3.8, 4) is 0 Å². The summed E-state index contributed by atoms with van der Waals surface area (Å²) in [5, 5.41) is 0. The van der Waals surface area contributed by atoms with E-state index in [1.165, 1.54) is 5.56 Å². The largest absolute Gasteiger partial charge is 0.378 e. The maximum Gasteiger partial charge on any atom is 0.0611 e. The highest BCUT2D eigenvalue weighted by Crippen LogP contribution is 2.39. The van der Waals surface area contributed by atoms with Gasteiger partial charge in [0.1, 0.15) is 0 Å². The molecule has 2 N–H and O–H groups in total. The molecule has 0 bridgehead atoms. The van der Waals surface area contributed by atoms with Crippen LogP contribution in [0.5, 0.6) is 0 Å². The van der Waals surface area contributed by atoms with E-state index in [-0.39, 0.29) is 5.54 Å². The van der Waals surface area contributed by atoms with Gasteiger partial charge >= 0.3 is 0 Å². The zero-order valence-electron chi connectivity index (χ0n) is 11.7. The standard InChI is InChI=1S/C15H23BrN2O/c1-3-19-14-8-15(9-14,11-17)18(2)10-12-4-6-13(16)7-5-12/h4-7,14H,3,8-11,17H2,1-2H3. The molecule has 1 aromatic carbocycles. The van der Waals surface area contributed by atoms with E-state index in [1.54, 1.807) is 0 Å². The third-order valence-electron chi connectivity index (χ3n) is 4.14. The van der Waals surface area contributed by atoms with Crippen LogP contribution in [-0.2, 0) is 11.3 Å². The van der Waals surface area contributed by atoms with E-state index in [9.17, 15) is 0 Å². The fourth-order valence-corrected chi connectivity index (χ4v) is 3.07. The number of nitrogens with two attached hydrogens (primary N) is 1. The number of halogens is 1. The Morgan fingerprint density at radius 3 is 2.53 bits per heavy atom. The average Bonchev–Trinajstić information content (AvgIpc) is 2.36. The molecule has 0 heterocycles. The SMILES string of the molecule is CCOC1CC(CN)(N(C)Cc2ccc(Br)cc2)C1. The van der Waals surface area contributed by atoms with Crippen molar-refractivity contribution in [2.24, 2.45) is 5.73 Å². The molecule has 4 heteroatoms. The van der Waals surface area contributed by atoms with Crippen molar-refractivity contribution in [3.63, 3.8) is 0 Å². The number of benzene rings is 1. The van der Waals surface area contributed by atoms with E-state index in [0.29, 0.717) is 12.6 Å². The van der Waals surface area contributed by atoms with E-state index >= 15 is 0 Å². The molecule has 0 amide bonds. The lowest BCUT2D eigenvalue weighted by atomic mass is 9.73. The molecule has 0 unspecified atom stereocenters. The third kappa shape index (κ3) is 3.37. The number of nitrogens with zero attached hydrogens (tertiary/aromatic N) is 1. The minimum absolute atomic E-state index is 0.118. The molecular weight excluding hydrogens is 304 g/mol. The van der Waals surface area contributed by atoms with Gasteiger partial charge in [0.2, 0.25) is 0 Å². The summed E-state index contributed by atoms with van der Waals surface area (Å²) in [6.07, 6.45) is 2.48. The van der Waals surface area contributed by atoms with Crippen LogP contribution in [-0.4, -0.2) is 36.7 Å². The normalized spacial score (nSPS) is 26.5. The van der Waals surface area contributed by atoms with Gasteiger partial charge in [0.05, 0.1) is 6.10 Å². The first-order valence-corrected chi connectivity index (χ1v) is 7.66. The van der Waals surface area contributed by atoms with Crippen LogP contribution in [0.1, 0.15) is 25.3 Å². The van der Waals surface area contributed by atoms with Crippen LogP contribution in [0, 0.1) is 0 Å². The Balaban J connectivity index is 1.95. The van der Waals surface area contributed by atoms with Gasteiger partial charge in [-0.3, -0.25) is 4.90 Å². The lowest BCUT2D eigenvalue weighted by Gasteiger charge is -2.52. The van der Waals surface area contributed by atoms with Crippen molar-refractivity contribution in [2.45, 2.75) is 38.0 Å². The highest BCUT2D eigenvalue weighted by atomic mass is 79.9. The van der Waals surface area contributed by atoms with Crippen molar-refractivity contribution < 1.29 is 4.74 Å². The first-order chi connectivity index (χ1) is 9.09. The van der Waals surface area contributed by atoms with Gasteiger partial charge in [-0.05, 0) is 44.5 Å². The predicted molar refractivity (Wildman–Crippen MR) is 82.0 cm³/mol. The average molecular weight is 327 g/mol.